The Bertz CT molecular complexity index is 1290. The van der Waals surface area contributed by atoms with Crippen molar-refractivity contribution in [3.05, 3.63) is 82.7 Å². The van der Waals surface area contributed by atoms with Crippen LogP contribution in [0.4, 0.5) is 14.9 Å². The number of nitriles is 1. The number of halogens is 1. The van der Waals surface area contributed by atoms with E-state index in [1.807, 2.05) is 0 Å². The molecule has 0 radical (unpaired) electrons. The van der Waals surface area contributed by atoms with Gasteiger partial charge in [-0.05, 0) is 60.3 Å². The summed E-state index contributed by atoms with van der Waals surface area (Å²) in [5.74, 6) is -0.880. The third-order valence-corrected chi connectivity index (χ3v) is 5.42. The minimum atomic E-state index is -0.621. The Morgan fingerprint density at radius 3 is 2.62 bits per heavy atom. The Morgan fingerprint density at radius 2 is 1.88 bits per heavy atom. The molecule has 3 aromatic rings. The van der Waals surface area contributed by atoms with Crippen molar-refractivity contribution in [2.75, 3.05) is 11.9 Å². The first kappa shape index (κ1) is 21.1. The van der Waals surface area contributed by atoms with Crippen LogP contribution >= 0.6 is 11.8 Å². The zero-order chi connectivity index (χ0) is 22.7. The van der Waals surface area contributed by atoms with Crippen LogP contribution in [-0.4, -0.2) is 28.5 Å². The maximum atomic E-state index is 13.0. The molecule has 0 aliphatic carbocycles. The number of benzene rings is 2. The molecule has 0 bridgehead atoms. The molecule has 158 valence electrons. The van der Waals surface area contributed by atoms with Gasteiger partial charge in [-0.25, -0.2) is 4.39 Å². The highest BCUT2D eigenvalue weighted by atomic mass is 32.2. The Hall–Kier alpha value is -4.16. The molecule has 0 spiro atoms. The van der Waals surface area contributed by atoms with E-state index in [1.54, 1.807) is 36.4 Å². The quantitative estimate of drug-likeness (QED) is 0.572. The molecule has 4 rings (SSSR count). The molecule has 0 atom stereocenters. The SMILES string of the molecule is N#Cc1ccccc1-c1ccc(/C=C2/SC(=O)N(CC(=O)Nc3ccc(F)cc3)C2=O)o1. The molecule has 7 nitrogen and oxygen atoms in total. The van der Waals surface area contributed by atoms with Crippen LogP contribution in [0, 0.1) is 17.1 Å². The fraction of sp³-hybridized carbons (Fsp3) is 0.0435. The van der Waals surface area contributed by atoms with E-state index in [0.717, 1.165) is 4.90 Å². The molecule has 1 fully saturated rings. The van der Waals surface area contributed by atoms with E-state index in [-0.39, 0.29) is 4.91 Å². The van der Waals surface area contributed by atoms with Crippen molar-refractivity contribution in [1.82, 2.24) is 4.90 Å². The van der Waals surface area contributed by atoms with Crippen LogP contribution < -0.4 is 5.32 Å². The van der Waals surface area contributed by atoms with Crippen LogP contribution in [0.1, 0.15) is 11.3 Å². The summed E-state index contributed by atoms with van der Waals surface area (Å²) in [4.78, 5) is 38.0. The van der Waals surface area contributed by atoms with Crippen LogP contribution in [0.15, 0.2) is 70.0 Å². The van der Waals surface area contributed by atoms with Crippen molar-refractivity contribution >= 4 is 40.6 Å². The third-order valence-electron chi connectivity index (χ3n) is 4.52. The Labute approximate surface area is 186 Å². The Kier molecular flexibility index (Phi) is 5.87. The number of imide groups is 1. The summed E-state index contributed by atoms with van der Waals surface area (Å²) in [5, 5.41) is 11.2. The molecule has 1 saturated heterocycles. The van der Waals surface area contributed by atoms with E-state index in [0.29, 0.717) is 40.1 Å². The van der Waals surface area contributed by atoms with E-state index in [2.05, 4.69) is 11.4 Å². The number of carbonyl (C=O) groups is 3. The number of amides is 3. The van der Waals surface area contributed by atoms with Gasteiger partial charge >= 0.3 is 0 Å². The lowest BCUT2D eigenvalue weighted by Crippen LogP contribution is -2.36. The predicted octanol–water partition coefficient (Wildman–Crippen LogP) is 4.63. The van der Waals surface area contributed by atoms with Crippen molar-refractivity contribution in [3.63, 3.8) is 0 Å². The molecule has 1 aliphatic heterocycles. The zero-order valence-corrected chi connectivity index (χ0v) is 17.2. The Balaban J connectivity index is 1.47. The maximum Gasteiger partial charge on any atom is 0.294 e. The number of anilines is 1. The van der Waals surface area contributed by atoms with E-state index in [1.165, 1.54) is 30.3 Å². The molecular weight excluding hydrogens is 433 g/mol. The lowest BCUT2D eigenvalue weighted by atomic mass is 10.1. The van der Waals surface area contributed by atoms with Crippen LogP contribution in [0.2, 0.25) is 0 Å². The van der Waals surface area contributed by atoms with Crippen molar-refractivity contribution in [2.24, 2.45) is 0 Å². The molecule has 9 heteroatoms. The van der Waals surface area contributed by atoms with Crippen molar-refractivity contribution in [3.8, 4) is 17.4 Å². The van der Waals surface area contributed by atoms with Crippen LogP contribution in [0.3, 0.4) is 0 Å². The van der Waals surface area contributed by atoms with Gasteiger partial charge in [0.25, 0.3) is 11.1 Å². The van der Waals surface area contributed by atoms with Crippen molar-refractivity contribution in [2.45, 2.75) is 0 Å². The highest BCUT2D eigenvalue weighted by molar-refractivity contribution is 8.18. The second-order valence-corrected chi connectivity index (χ2v) is 7.68. The van der Waals surface area contributed by atoms with Gasteiger partial charge in [0.2, 0.25) is 5.91 Å². The largest absolute Gasteiger partial charge is 0.457 e. The molecule has 32 heavy (non-hydrogen) atoms. The van der Waals surface area contributed by atoms with Crippen molar-refractivity contribution < 1.29 is 23.2 Å². The number of carbonyl (C=O) groups excluding carboxylic acids is 3. The molecule has 1 aromatic heterocycles. The van der Waals surface area contributed by atoms with Crippen LogP contribution in [0.25, 0.3) is 17.4 Å². The van der Waals surface area contributed by atoms with Gasteiger partial charge in [-0.15, -0.1) is 0 Å². The van der Waals surface area contributed by atoms with Crippen LogP contribution in [0.5, 0.6) is 0 Å². The minimum absolute atomic E-state index is 0.110. The summed E-state index contributed by atoms with van der Waals surface area (Å²) in [6.07, 6.45) is 1.42. The normalized spacial score (nSPS) is 14.6. The zero-order valence-electron chi connectivity index (χ0n) is 16.4. The van der Waals surface area contributed by atoms with Crippen molar-refractivity contribution in [1.29, 1.82) is 5.26 Å². The molecule has 1 N–H and O–H groups in total. The van der Waals surface area contributed by atoms with Gasteiger partial charge in [-0.2, -0.15) is 5.26 Å². The first-order valence-corrected chi connectivity index (χ1v) is 10.2. The molecule has 1 aliphatic rings. The standard InChI is InChI=1S/C23H14FN3O4S/c24-15-5-7-16(8-6-15)26-21(28)13-27-22(29)20(32-23(27)30)11-17-9-10-19(31-17)18-4-2-1-3-14(18)12-25/h1-11H,13H2,(H,26,28)/b20-11+. The second-order valence-electron chi connectivity index (χ2n) is 6.68. The molecule has 2 aromatic carbocycles. The number of thioether (sulfide) groups is 1. The average molecular weight is 447 g/mol. The number of nitrogens with zero attached hydrogens (tertiary/aromatic N) is 2. The lowest BCUT2D eigenvalue weighted by Gasteiger charge is -2.12. The van der Waals surface area contributed by atoms with Gasteiger partial charge in [-0.1, -0.05) is 12.1 Å². The smallest absolute Gasteiger partial charge is 0.294 e. The molecule has 0 saturated carbocycles. The van der Waals surface area contributed by atoms with Gasteiger partial charge in [0.15, 0.2) is 0 Å². The first-order valence-electron chi connectivity index (χ1n) is 9.35. The second kappa shape index (κ2) is 8.91. The summed E-state index contributed by atoms with van der Waals surface area (Å²) >= 11 is 0.696. The van der Waals surface area contributed by atoms with E-state index in [9.17, 15) is 24.0 Å². The summed E-state index contributed by atoms with van der Waals surface area (Å²) in [6.45, 7) is -0.474. The fourth-order valence-electron chi connectivity index (χ4n) is 3.01. The Morgan fingerprint density at radius 1 is 1.12 bits per heavy atom. The number of hydrogen-bond acceptors (Lipinski definition) is 6. The molecule has 0 unspecified atom stereocenters. The summed E-state index contributed by atoms with van der Waals surface area (Å²) in [5.41, 5.74) is 1.40. The highest BCUT2D eigenvalue weighted by Crippen LogP contribution is 2.33. The third kappa shape index (κ3) is 4.45. The molecule has 2 heterocycles. The summed E-state index contributed by atoms with van der Waals surface area (Å²) < 4.78 is 18.7. The van der Waals surface area contributed by atoms with Gasteiger partial charge in [-0.3, -0.25) is 19.3 Å². The minimum Gasteiger partial charge on any atom is -0.457 e. The van der Waals surface area contributed by atoms with E-state index in [4.69, 9.17) is 4.42 Å². The predicted molar refractivity (Wildman–Crippen MR) is 117 cm³/mol. The monoisotopic (exact) mass is 447 g/mol. The number of nitrogens with one attached hydrogen (secondary N) is 1. The van der Waals surface area contributed by atoms with Gasteiger partial charge in [0.05, 0.1) is 16.5 Å². The van der Waals surface area contributed by atoms with Gasteiger partial charge in [0.1, 0.15) is 23.9 Å². The lowest BCUT2D eigenvalue weighted by molar-refractivity contribution is -0.127. The highest BCUT2D eigenvalue weighted by Gasteiger charge is 2.36. The van der Waals surface area contributed by atoms with E-state index < -0.39 is 29.4 Å². The first-order chi connectivity index (χ1) is 15.4. The molecular formula is C23H14FN3O4S. The number of hydrogen-bond donors (Lipinski definition) is 1. The number of furan rings is 1. The topological polar surface area (TPSA) is 103 Å². The fourth-order valence-corrected chi connectivity index (χ4v) is 3.83. The van der Waals surface area contributed by atoms with E-state index >= 15 is 0 Å². The number of rotatable bonds is 5. The van der Waals surface area contributed by atoms with Gasteiger partial charge in [0, 0.05) is 17.3 Å². The van der Waals surface area contributed by atoms with Gasteiger partial charge < -0.3 is 9.73 Å². The summed E-state index contributed by atoms with van der Waals surface area (Å²) in [7, 11) is 0. The maximum absolute atomic E-state index is 13.0. The van der Waals surface area contributed by atoms with Crippen LogP contribution in [-0.2, 0) is 9.59 Å². The molecule has 3 amide bonds. The summed E-state index contributed by atoms with van der Waals surface area (Å²) in [6, 6.07) is 17.4. The average Bonchev–Trinajstić information content (AvgIpc) is 3.35.